The summed E-state index contributed by atoms with van der Waals surface area (Å²) in [7, 11) is -2.35. The molecule has 4 aromatic rings. The lowest BCUT2D eigenvalue weighted by Crippen LogP contribution is -2.32. The lowest BCUT2D eigenvalue weighted by atomic mass is 10.00. The summed E-state index contributed by atoms with van der Waals surface area (Å²) in [6.45, 7) is 6.61. The van der Waals surface area contributed by atoms with Crippen LogP contribution in [0.25, 0.3) is 11.3 Å². The molecule has 3 aromatic heterocycles. The van der Waals surface area contributed by atoms with E-state index >= 15 is 0 Å². The van der Waals surface area contributed by atoms with Gasteiger partial charge in [-0.2, -0.15) is 10.1 Å². The van der Waals surface area contributed by atoms with E-state index in [1.165, 1.54) is 17.1 Å². The summed E-state index contributed by atoms with van der Waals surface area (Å²) in [6.07, 6.45) is 3.03. The van der Waals surface area contributed by atoms with E-state index in [0.29, 0.717) is 31.0 Å². The van der Waals surface area contributed by atoms with E-state index in [0.717, 1.165) is 22.4 Å². The van der Waals surface area contributed by atoms with Gasteiger partial charge in [-0.25, -0.2) is 18.1 Å². The standard InChI is InChI=1S/C26H29N7O5S/c1-16-6-5-7-17(2)25(16)22-12-23(29-26(28-22)31-39(35,36)21-13-27-32(4)15-21)37-19-8-9-33(14-19)24(34)11-20-10-18(3)30-38-20/h5-7,10,12-13,15,19H,8-9,11,14H2,1-4H3,(H,28,29,31). The highest BCUT2D eigenvalue weighted by Crippen LogP contribution is 2.30. The number of sulfonamides is 1. The van der Waals surface area contributed by atoms with Gasteiger partial charge < -0.3 is 14.2 Å². The summed E-state index contributed by atoms with van der Waals surface area (Å²) >= 11 is 0. The average Bonchev–Trinajstić information content (AvgIpc) is 3.60. The van der Waals surface area contributed by atoms with Crippen molar-refractivity contribution in [1.29, 1.82) is 0 Å². The molecule has 1 unspecified atom stereocenters. The number of aromatic nitrogens is 5. The molecule has 1 aliphatic rings. The molecule has 1 fully saturated rings. The minimum atomic E-state index is -3.98. The second-order valence-electron chi connectivity index (χ2n) is 9.62. The van der Waals surface area contributed by atoms with E-state index < -0.39 is 10.0 Å². The zero-order valence-electron chi connectivity index (χ0n) is 22.1. The first kappa shape index (κ1) is 26.4. The molecular weight excluding hydrogens is 522 g/mol. The van der Waals surface area contributed by atoms with Crippen LogP contribution < -0.4 is 9.46 Å². The number of nitrogens with one attached hydrogen (secondary N) is 1. The fourth-order valence-corrected chi connectivity index (χ4v) is 5.50. The van der Waals surface area contributed by atoms with Crippen LogP contribution in [-0.4, -0.2) is 63.3 Å². The highest BCUT2D eigenvalue weighted by Gasteiger charge is 2.29. The molecule has 0 saturated carbocycles. The third kappa shape index (κ3) is 5.93. The van der Waals surface area contributed by atoms with Crippen LogP contribution in [-0.2, 0) is 28.3 Å². The van der Waals surface area contributed by atoms with Crippen molar-refractivity contribution in [3.8, 4) is 17.1 Å². The van der Waals surface area contributed by atoms with Crippen LogP contribution in [0, 0.1) is 20.8 Å². The Kier molecular flexibility index (Phi) is 7.08. The highest BCUT2D eigenvalue weighted by atomic mass is 32.2. The molecule has 1 amide bonds. The second-order valence-corrected chi connectivity index (χ2v) is 11.3. The maximum atomic E-state index is 13.0. The lowest BCUT2D eigenvalue weighted by Gasteiger charge is -2.18. The third-order valence-corrected chi connectivity index (χ3v) is 7.73. The number of hydrogen-bond donors (Lipinski definition) is 1. The first-order valence-corrected chi connectivity index (χ1v) is 13.9. The number of nitrogens with zero attached hydrogens (tertiary/aromatic N) is 6. The molecule has 12 nitrogen and oxygen atoms in total. The van der Waals surface area contributed by atoms with Gasteiger partial charge >= 0.3 is 0 Å². The number of anilines is 1. The van der Waals surface area contributed by atoms with E-state index in [-0.39, 0.29) is 35.2 Å². The van der Waals surface area contributed by atoms with Crippen LogP contribution in [0.3, 0.4) is 0 Å². The zero-order valence-corrected chi connectivity index (χ0v) is 22.9. The summed E-state index contributed by atoms with van der Waals surface area (Å²) in [5, 5.41) is 7.77. The molecule has 39 heavy (non-hydrogen) atoms. The molecule has 5 rings (SSSR count). The van der Waals surface area contributed by atoms with E-state index in [9.17, 15) is 13.2 Å². The Balaban J connectivity index is 1.39. The molecule has 4 heterocycles. The van der Waals surface area contributed by atoms with E-state index in [1.54, 1.807) is 31.0 Å². The molecule has 1 atom stereocenters. The zero-order chi connectivity index (χ0) is 27.7. The number of likely N-dealkylation sites (tertiary alicyclic amines) is 1. The molecule has 0 radical (unpaired) electrons. The van der Waals surface area contributed by atoms with Crippen molar-refractivity contribution < 1.29 is 22.5 Å². The minimum Gasteiger partial charge on any atom is -0.472 e. The Labute approximate surface area is 226 Å². The van der Waals surface area contributed by atoms with Crippen LogP contribution in [0.2, 0.25) is 0 Å². The van der Waals surface area contributed by atoms with Crippen LogP contribution in [0.15, 0.2) is 52.1 Å². The maximum Gasteiger partial charge on any atom is 0.267 e. The molecule has 0 spiro atoms. The van der Waals surface area contributed by atoms with Gasteiger partial charge in [0.1, 0.15) is 16.8 Å². The molecule has 1 aliphatic heterocycles. The summed E-state index contributed by atoms with van der Waals surface area (Å²) in [5.41, 5.74) is 4.05. The monoisotopic (exact) mass is 551 g/mol. The van der Waals surface area contributed by atoms with E-state index in [4.69, 9.17) is 9.26 Å². The van der Waals surface area contributed by atoms with Crippen molar-refractivity contribution in [2.45, 2.75) is 44.6 Å². The second kappa shape index (κ2) is 10.5. The lowest BCUT2D eigenvalue weighted by molar-refractivity contribution is -0.130. The van der Waals surface area contributed by atoms with E-state index in [1.807, 2.05) is 32.0 Å². The number of carbonyl (C=O) groups is 1. The summed E-state index contributed by atoms with van der Waals surface area (Å²) in [6, 6.07) is 9.30. The van der Waals surface area contributed by atoms with Gasteiger partial charge in [0.15, 0.2) is 0 Å². The van der Waals surface area contributed by atoms with Gasteiger partial charge in [0.05, 0.1) is 30.6 Å². The van der Waals surface area contributed by atoms with Crippen LogP contribution in [0.5, 0.6) is 5.88 Å². The number of hydrogen-bond acceptors (Lipinski definition) is 9. The van der Waals surface area contributed by atoms with Gasteiger partial charge in [0.25, 0.3) is 10.0 Å². The number of carbonyl (C=O) groups excluding carboxylic acids is 1. The highest BCUT2D eigenvalue weighted by molar-refractivity contribution is 7.92. The average molecular weight is 552 g/mol. The van der Waals surface area contributed by atoms with Gasteiger partial charge in [-0.15, -0.1) is 0 Å². The summed E-state index contributed by atoms with van der Waals surface area (Å²) in [5.74, 6) is 0.514. The Morgan fingerprint density at radius 1 is 1.18 bits per heavy atom. The quantitative estimate of drug-likeness (QED) is 0.349. The van der Waals surface area contributed by atoms with Crippen molar-refractivity contribution in [3.63, 3.8) is 0 Å². The SMILES string of the molecule is Cc1cc(CC(=O)N2CCC(Oc3cc(-c4c(C)cccc4C)nc(NS(=O)(=O)c4cnn(C)c4)n3)C2)on1. The van der Waals surface area contributed by atoms with Crippen LogP contribution in [0.4, 0.5) is 5.95 Å². The van der Waals surface area contributed by atoms with Crippen molar-refractivity contribution in [3.05, 3.63) is 65.3 Å². The van der Waals surface area contributed by atoms with Crippen LogP contribution in [0.1, 0.15) is 29.0 Å². The van der Waals surface area contributed by atoms with Gasteiger partial charge in [-0.1, -0.05) is 23.4 Å². The van der Waals surface area contributed by atoms with Gasteiger partial charge in [0.2, 0.25) is 17.7 Å². The Morgan fingerprint density at radius 3 is 2.62 bits per heavy atom. The summed E-state index contributed by atoms with van der Waals surface area (Å²) < 4.78 is 41.2. The van der Waals surface area contributed by atoms with Crippen molar-refractivity contribution in [1.82, 2.24) is 29.8 Å². The molecule has 1 N–H and O–H groups in total. The molecule has 13 heteroatoms. The number of amides is 1. The van der Waals surface area contributed by atoms with Crippen molar-refractivity contribution in [2.75, 3.05) is 17.8 Å². The topological polar surface area (TPSA) is 145 Å². The van der Waals surface area contributed by atoms with Gasteiger partial charge in [0, 0.05) is 43.9 Å². The normalized spacial score (nSPS) is 15.5. The Hall–Kier alpha value is -4.26. The smallest absolute Gasteiger partial charge is 0.267 e. The van der Waals surface area contributed by atoms with E-state index in [2.05, 4.69) is 24.9 Å². The number of aryl methyl sites for hydroxylation is 4. The summed E-state index contributed by atoms with van der Waals surface area (Å²) in [4.78, 5) is 23.3. The molecule has 1 saturated heterocycles. The number of ether oxygens (including phenoxy) is 1. The van der Waals surface area contributed by atoms with Crippen molar-refractivity contribution >= 4 is 21.9 Å². The van der Waals surface area contributed by atoms with Crippen LogP contribution >= 0.6 is 0 Å². The largest absolute Gasteiger partial charge is 0.472 e. The number of rotatable bonds is 8. The molecule has 204 valence electrons. The van der Waals surface area contributed by atoms with Crippen molar-refractivity contribution in [2.24, 2.45) is 7.05 Å². The van der Waals surface area contributed by atoms with Gasteiger partial charge in [-0.3, -0.25) is 9.48 Å². The fraction of sp³-hybridized carbons (Fsp3) is 0.346. The fourth-order valence-electron chi connectivity index (χ4n) is 4.58. The predicted octanol–water partition coefficient (Wildman–Crippen LogP) is 2.81. The molecular formula is C26H29N7O5S. The maximum absolute atomic E-state index is 13.0. The first-order chi connectivity index (χ1) is 18.6. The molecule has 0 aliphatic carbocycles. The Morgan fingerprint density at radius 2 is 1.95 bits per heavy atom. The third-order valence-electron chi connectivity index (χ3n) is 6.44. The predicted molar refractivity (Wildman–Crippen MR) is 142 cm³/mol. The molecule has 1 aromatic carbocycles. The molecule has 0 bridgehead atoms. The van der Waals surface area contributed by atoms with Gasteiger partial charge in [-0.05, 0) is 31.9 Å². The number of benzene rings is 1. The minimum absolute atomic E-state index is 0.0135. The first-order valence-electron chi connectivity index (χ1n) is 12.4. The Bertz CT molecular complexity index is 1610.